The third-order valence-electron chi connectivity index (χ3n) is 6.68. The molecule has 1 aliphatic heterocycles. The molecular formula is C26H39NO5S. The fourth-order valence-corrected chi connectivity index (χ4v) is 4.75. The summed E-state index contributed by atoms with van der Waals surface area (Å²) in [5.41, 5.74) is 0.513. The van der Waals surface area contributed by atoms with Crippen LogP contribution in [0.2, 0.25) is 0 Å². The van der Waals surface area contributed by atoms with Crippen LogP contribution in [0.5, 0.6) is 0 Å². The Labute approximate surface area is 201 Å². The summed E-state index contributed by atoms with van der Waals surface area (Å²) in [6.45, 7) is 10.8. The Balaban J connectivity index is 2.27. The van der Waals surface area contributed by atoms with Crippen molar-refractivity contribution in [1.82, 2.24) is 4.98 Å². The van der Waals surface area contributed by atoms with Crippen molar-refractivity contribution < 1.29 is 24.5 Å². The van der Waals surface area contributed by atoms with E-state index in [1.807, 2.05) is 38.3 Å². The highest BCUT2D eigenvalue weighted by atomic mass is 32.1. The molecule has 0 aromatic carbocycles. The molecule has 5 unspecified atom stereocenters. The third kappa shape index (κ3) is 7.59. The maximum atomic E-state index is 13.1. The van der Waals surface area contributed by atoms with Gasteiger partial charge in [-0.2, -0.15) is 0 Å². The molecular weight excluding hydrogens is 438 g/mol. The topological polar surface area (TPSA) is 96.7 Å². The lowest BCUT2D eigenvalue weighted by atomic mass is 9.73. The summed E-state index contributed by atoms with van der Waals surface area (Å²) in [7, 11) is 0. The van der Waals surface area contributed by atoms with E-state index in [4.69, 9.17) is 4.74 Å². The molecule has 0 fully saturated rings. The summed E-state index contributed by atoms with van der Waals surface area (Å²) in [5, 5.41) is 24.4. The summed E-state index contributed by atoms with van der Waals surface area (Å²) < 4.78 is 5.75. The summed E-state index contributed by atoms with van der Waals surface area (Å²) in [5.74, 6) is -1.48. The van der Waals surface area contributed by atoms with Crippen molar-refractivity contribution in [2.24, 2.45) is 17.3 Å². The Hall–Kier alpha value is -1.83. The predicted molar refractivity (Wildman–Crippen MR) is 132 cm³/mol. The zero-order valence-electron chi connectivity index (χ0n) is 20.7. The van der Waals surface area contributed by atoms with Gasteiger partial charge >= 0.3 is 5.97 Å². The van der Waals surface area contributed by atoms with E-state index < -0.39 is 35.6 Å². The number of aliphatic hydroxyl groups excluding tert-OH is 2. The van der Waals surface area contributed by atoms with Crippen LogP contribution in [0.4, 0.5) is 0 Å². The number of Topliss-reactive ketones (excluding diaryl/α,β-unsaturated/α-hetero) is 1. The number of carbonyl (C=O) groups is 2. The van der Waals surface area contributed by atoms with Gasteiger partial charge in [0, 0.05) is 17.7 Å². The molecule has 6 nitrogen and oxygen atoms in total. The summed E-state index contributed by atoms with van der Waals surface area (Å²) >= 11 is 1.56. The normalized spacial score (nSPS) is 31.8. The zero-order valence-corrected chi connectivity index (χ0v) is 21.5. The van der Waals surface area contributed by atoms with Crippen molar-refractivity contribution in [3.05, 3.63) is 33.8 Å². The number of rotatable bonds is 2. The maximum absolute atomic E-state index is 13.1. The quantitative estimate of drug-likeness (QED) is 0.466. The average Bonchev–Trinajstić information content (AvgIpc) is 3.16. The van der Waals surface area contributed by atoms with Gasteiger partial charge in [0.1, 0.15) is 11.9 Å². The van der Waals surface area contributed by atoms with Gasteiger partial charge in [-0.1, -0.05) is 39.8 Å². The minimum atomic E-state index is -1.21. The largest absolute Gasteiger partial charge is 0.457 e. The molecule has 184 valence electrons. The lowest BCUT2D eigenvalue weighted by molar-refractivity contribution is -0.154. The first-order valence-corrected chi connectivity index (χ1v) is 12.7. The molecule has 0 spiro atoms. The van der Waals surface area contributed by atoms with Crippen LogP contribution in [0.15, 0.2) is 23.1 Å². The van der Waals surface area contributed by atoms with Crippen molar-refractivity contribution in [3.8, 4) is 0 Å². The van der Waals surface area contributed by atoms with E-state index in [0.29, 0.717) is 6.42 Å². The standard InChI is InChI=1S/C26H39NO5S/c1-16-11-9-7-8-10-12-21(17(2)13-20-15-33-19(4)27-20)32-23(29)14-22(28)26(5,6)25(31)18(3)24(16)30/h8,10,13,15-16,18,21-22,24,28,30H,7,9,11-12,14H2,1-6H3/b10-8+,17-13+. The maximum Gasteiger partial charge on any atom is 0.309 e. The van der Waals surface area contributed by atoms with Gasteiger partial charge in [-0.25, -0.2) is 4.98 Å². The van der Waals surface area contributed by atoms with Crippen molar-refractivity contribution in [2.75, 3.05) is 0 Å². The van der Waals surface area contributed by atoms with Crippen molar-refractivity contribution in [2.45, 2.75) is 92.0 Å². The SMILES string of the molecule is C/C(=C\c1csc(C)n1)C1C/C=C/CCCC(C)C(O)C(C)C(=O)C(C)(C)C(O)CC(=O)O1. The van der Waals surface area contributed by atoms with Crippen LogP contribution in [0, 0.1) is 24.2 Å². The minimum absolute atomic E-state index is 0.0392. The van der Waals surface area contributed by atoms with Crippen LogP contribution in [-0.4, -0.2) is 45.3 Å². The molecule has 2 heterocycles. The molecule has 1 aromatic rings. The molecule has 7 heteroatoms. The Morgan fingerprint density at radius 2 is 1.94 bits per heavy atom. The highest BCUT2D eigenvalue weighted by Crippen LogP contribution is 2.32. The van der Waals surface area contributed by atoms with Gasteiger partial charge in [0.2, 0.25) is 0 Å². The number of hydrogen-bond donors (Lipinski definition) is 2. The van der Waals surface area contributed by atoms with Crippen molar-refractivity contribution in [3.63, 3.8) is 0 Å². The van der Waals surface area contributed by atoms with Gasteiger partial charge in [-0.3, -0.25) is 9.59 Å². The monoisotopic (exact) mass is 477 g/mol. The zero-order chi connectivity index (χ0) is 24.8. The highest BCUT2D eigenvalue weighted by Gasteiger charge is 2.42. The number of cyclic esters (lactones) is 1. The van der Waals surface area contributed by atoms with E-state index in [9.17, 15) is 19.8 Å². The molecule has 0 bridgehead atoms. The summed E-state index contributed by atoms with van der Waals surface area (Å²) in [6.07, 6.45) is 6.28. The van der Waals surface area contributed by atoms with Gasteiger partial charge < -0.3 is 14.9 Å². The number of carbonyl (C=O) groups excluding carboxylic acids is 2. The van der Waals surface area contributed by atoms with Gasteiger partial charge in [-0.05, 0) is 50.7 Å². The first-order chi connectivity index (χ1) is 15.4. The molecule has 0 saturated carbocycles. The second-order valence-electron chi connectivity index (χ2n) is 9.86. The molecule has 1 aliphatic rings. The number of allylic oxidation sites excluding steroid dienone is 1. The van der Waals surface area contributed by atoms with E-state index in [2.05, 4.69) is 11.1 Å². The number of aliphatic hydroxyl groups is 2. The van der Waals surface area contributed by atoms with Crippen LogP contribution < -0.4 is 0 Å². The van der Waals surface area contributed by atoms with E-state index in [0.717, 1.165) is 35.5 Å². The lowest BCUT2D eigenvalue weighted by Gasteiger charge is -2.34. The number of ether oxygens (including phenoxy) is 1. The number of aromatic nitrogens is 1. The summed E-state index contributed by atoms with van der Waals surface area (Å²) in [4.78, 5) is 30.3. The predicted octanol–water partition coefficient (Wildman–Crippen LogP) is 4.88. The molecule has 0 aliphatic carbocycles. The smallest absolute Gasteiger partial charge is 0.309 e. The molecule has 0 saturated heterocycles. The fraction of sp³-hybridized carbons (Fsp3) is 0.654. The van der Waals surface area contributed by atoms with Crippen molar-refractivity contribution in [1.29, 1.82) is 0 Å². The molecule has 33 heavy (non-hydrogen) atoms. The van der Waals surface area contributed by atoms with Crippen LogP contribution in [0.25, 0.3) is 6.08 Å². The van der Waals surface area contributed by atoms with Crippen LogP contribution >= 0.6 is 11.3 Å². The number of thiazole rings is 1. The Bertz CT molecular complexity index is 872. The Kier molecular flexibility index (Phi) is 10.0. The molecule has 0 amide bonds. The van der Waals surface area contributed by atoms with Crippen LogP contribution in [0.3, 0.4) is 0 Å². The molecule has 0 radical (unpaired) electrons. The highest BCUT2D eigenvalue weighted by molar-refractivity contribution is 7.09. The number of hydrogen-bond acceptors (Lipinski definition) is 7. The van der Waals surface area contributed by atoms with Crippen LogP contribution in [-0.2, 0) is 14.3 Å². The van der Waals surface area contributed by atoms with E-state index >= 15 is 0 Å². The van der Waals surface area contributed by atoms with Gasteiger partial charge in [-0.15, -0.1) is 11.3 Å². The van der Waals surface area contributed by atoms with Gasteiger partial charge in [0.25, 0.3) is 0 Å². The first kappa shape index (κ1) is 27.4. The summed E-state index contributed by atoms with van der Waals surface area (Å²) in [6, 6.07) is 0. The molecule has 1 aromatic heterocycles. The molecule has 5 atom stereocenters. The second-order valence-corrected chi connectivity index (χ2v) is 10.9. The molecule has 2 N–H and O–H groups in total. The van der Waals surface area contributed by atoms with E-state index in [-0.39, 0.29) is 18.1 Å². The fourth-order valence-electron chi connectivity index (χ4n) is 4.18. The number of aryl methyl sites for hydroxylation is 1. The van der Waals surface area contributed by atoms with E-state index in [1.54, 1.807) is 32.1 Å². The lowest BCUT2D eigenvalue weighted by Crippen LogP contribution is -2.45. The third-order valence-corrected chi connectivity index (χ3v) is 7.47. The number of nitrogens with zero attached hydrogens (tertiary/aromatic N) is 1. The van der Waals surface area contributed by atoms with Crippen molar-refractivity contribution >= 4 is 29.2 Å². The van der Waals surface area contributed by atoms with Gasteiger partial charge in [0.05, 0.1) is 34.7 Å². The van der Waals surface area contributed by atoms with Crippen LogP contribution in [0.1, 0.15) is 77.4 Å². The van der Waals surface area contributed by atoms with Gasteiger partial charge in [0.15, 0.2) is 0 Å². The average molecular weight is 478 g/mol. The minimum Gasteiger partial charge on any atom is -0.457 e. The van der Waals surface area contributed by atoms with E-state index in [1.165, 1.54) is 0 Å². The first-order valence-electron chi connectivity index (χ1n) is 11.8. The molecule has 2 rings (SSSR count). The Morgan fingerprint density at radius 1 is 1.24 bits per heavy atom. The Morgan fingerprint density at radius 3 is 2.58 bits per heavy atom. The number of esters is 1. The number of ketones is 1. The second kappa shape index (κ2) is 12.0.